The standard InChI is InChI=1S/C15H27F3N6O.HI/c1-12-22-23-13(24(12)2)11-21-14(20-9-6-10-25-3)19-8-5-4-7-15(16,17)18;/h4-11H2,1-3H3,(H2,19,20,21);1H. The first kappa shape index (κ1) is 24.9. The Kier molecular flexibility index (Phi) is 12.6. The molecule has 0 atom stereocenters. The van der Waals surface area contributed by atoms with Gasteiger partial charge in [0.15, 0.2) is 11.8 Å². The van der Waals surface area contributed by atoms with E-state index in [-0.39, 0.29) is 30.4 Å². The molecule has 26 heavy (non-hydrogen) atoms. The van der Waals surface area contributed by atoms with E-state index in [4.69, 9.17) is 4.74 Å². The number of aryl methyl sites for hydroxylation is 1. The summed E-state index contributed by atoms with van der Waals surface area (Å²) in [5.41, 5.74) is 0. The summed E-state index contributed by atoms with van der Waals surface area (Å²) in [7, 11) is 3.49. The quantitative estimate of drug-likeness (QED) is 0.227. The number of aliphatic imine (C=N–C) groups is 1. The summed E-state index contributed by atoms with van der Waals surface area (Å²) in [5.74, 6) is 2.05. The lowest BCUT2D eigenvalue weighted by Gasteiger charge is -2.13. The number of unbranched alkanes of at least 4 members (excludes halogenated alkanes) is 1. The van der Waals surface area contributed by atoms with Crippen LogP contribution >= 0.6 is 24.0 Å². The fourth-order valence-corrected chi connectivity index (χ4v) is 1.99. The predicted octanol–water partition coefficient (Wildman–Crippen LogP) is 2.55. The van der Waals surface area contributed by atoms with Crippen LogP contribution in [0.15, 0.2) is 4.99 Å². The van der Waals surface area contributed by atoms with Crippen molar-refractivity contribution in [2.24, 2.45) is 12.0 Å². The average Bonchev–Trinajstić information content (AvgIpc) is 2.86. The average molecular weight is 492 g/mol. The van der Waals surface area contributed by atoms with Crippen LogP contribution in [0.3, 0.4) is 0 Å². The molecule has 1 aromatic rings. The molecule has 2 N–H and O–H groups in total. The maximum Gasteiger partial charge on any atom is 0.389 e. The normalized spacial score (nSPS) is 12.0. The van der Waals surface area contributed by atoms with Crippen molar-refractivity contribution in [1.29, 1.82) is 0 Å². The number of methoxy groups -OCH3 is 1. The summed E-state index contributed by atoms with van der Waals surface area (Å²) < 4.78 is 43.3. The molecular weight excluding hydrogens is 464 g/mol. The molecule has 11 heteroatoms. The lowest BCUT2D eigenvalue weighted by Crippen LogP contribution is -2.38. The largest absolute Gasteiger partial charge is 0.389 e. The van der Waals surface area contributed by atoms with Gasteiger partial charge in [-0.25, -0.2) is 4.99 Å². The Morgan fingerprint density at radius 1 is 1.15 bits per heavy atom. The van der Waals surface area contributed by atoms with Crippen molar-refractivity contribution < 1.29 is 17.9 Å². The fourth-order valence-electron chi connectivity index (χ4n) is 1.99. The van der Waals surface area contributed by atoms with E-state index in [9.17, 15) is 13.2 Å². The van der Waals surface area contributed by atoms with Crippen LogP contribution in [-0.2, 0) is 18.3 Å². The lowest BCUT2D eigenvalue weighted by atomic mass is 10.2. The van der Waals surface area contributed by atoms with Crippen LogP contribution in [0.5, 0.6) is 0 Å². The molecule has 0 aliphatic carbocycles. The van der Waals surface area contributed by atoms with Crippen LogP contribution in [0, 0.1) is 6.92 Å². The number of rotatable bonds is 10. The monoisotopic (exact) mass is 492 g/mol. The number of guanidine groups is 1. The summed E-state index contributed by atoms with van der Waals surface area (Å²) >= 11 is 0. The topological polar surface area (TPSA) is 76.4 Å². The van der Waals surface area contributed by atoms with Crippen molar-refractivity contribution in [3.8, 4) is 0 Å². The summed E-state index contributed by atoms with van der Waals surface area (Å²) in [6.45, 7) is 3.88. The zero-order chi connectivity index (χ0) is 18.7. The van der Waals surface area contributed by atoms with E-state index in [1.165, 1.54) is 0 Å². The third kappa shape index (κ3) is 10.8. The molecule has 0 amide bonds. The van der Waals surface area contributed by atoms with E-state index >= 15 is 0 Å². The van der Waals surface area contributed by atoms with Crippen molar-refractivity contribution in [2.45, 2.75) is 45.3 Å². The number of hydrogen-bond donors (Lipinski definition) is 2. The molecule has 0 aliphatic heterocycles. The molecule has 0 unspecified atom stereocenters. The van der Waals surface area contributed by atoms with Crippen molar-refractivity contribution in [3.63, 3.8) is 0 Å². The van der Waals surface area contributed by atoms with Gasteiger partial charge in [0, 0.05) is 40.3 Å². The van der Waals surface area contributed by atoms with Gasteiger partial charge in [-0.15, -0.1) is 34.2 Å². The van der Waals surface area contributed by atoms with Gasteiger partial charge in [0.1, 0.15) is 12.4 Å². The van der Waals surface area contributed by atoms with Gasteiger partial charge in [0.05, 0.1) is 0 Å². The van der Waals surface area contributed by atoms with Crippen molar-refractivity contribution in [3.05, 3.63) is 11.6 Å². The van der Waals surface area contributed by atoms with Crippen LogP contribution in [0.25, 0.3) is 0 Å². The van der Waals surface area contributed by atoms with Gasteiger partial charge in [-0.3, -0.25) is 0 Å². The molecule has 152 valence electrons. The van der Waals surface area contributed by atoms with E-state index in [0.29, 0.717) is 44.4 Å². The van der Waals surface area contributed by atoms with Crippen LogP contribution in [0.2, 0.25) is 0 Å². The number of hydrogen-bond acceptors (Lipinski definition) is 4. The Hall–Kier alpha value is -1.11. The van der Waals surface area contributed by atoms with Crippen LogP contribution in [0.4, 0.5) is 13.2 Å². The minimum absolute atomic E-state index is 0. The van der Waals surface area contributed by atoms with E-state index in [1.54, 1.807) is 7.11 Å². The number of nitrogens with zero attached hydrogens (tertiary/aromatic N) is 4. The molecule has 1 aromatic heterocycles. The van der Waals surface area contributed by atoms with Gasteiger partial charge in [-0.2, -0.15) is 13.2 Å². The van der Waals surface area contributed by atoms with Crippen LogP contribution < -0.4 is 10.6 Å². The summed E-state index contributed by atoms with van der Waals surface area (Å²) in [6.07, 6.45) is -3.55. The molecule has 0 spiro atoms. The van der Waals surface area contributed by atoms with Gasteiger partial charge < -0.3 is 19.9 Å². The molecule has 0 saturated carbocycles. The molecule has 0 saturated heterocycles. The molecule has 0 fully saturated rings. The lowest BCUT2D eigenvalue weighted by molar-refractivity contribution is -0.135. The second-order valence-electron chi connectivity index (χ2n) is 5.66. The van der Waals surface area contributed by atoms with E-state index in [1.807, 2.05) is 18.5 Å². The molecular formula is C15H28F3IN6O. The molecule has 0 aromatic carbocycles. The number of halogens is 4. The number of aromatic nitrogens is 3. The van der Waals surface area contributed by atoms with Gasteiger partial charge in [0.25, 0.3) is 0 Å². The maximum atomic E-state index is 12.1. The van der Waals surface area contributed by atoms with Crippen LogP contribution in [-0.4, -0.2) is 53.7 Å². The Labute approximate surface area is 169 Å². The summed E-state index contributed by atoms with van der Waals surface area (Å²) in [5, 5.41) is 14.2. The van der Waals surface area contributed by atoms with Crippen molar-refractivity contribution in [1.82, 2.24) is 25.4 Å². The number of alkyl halides is 3. The Bertz CT molecular complexity index is 536. The minimum Gasteiger partial charge on any atom is -0.385 e. The Balaban J connectivity index is 0.00000625. The Morgan fingerprint density at radius 3 is 2.35 bits per heavy atom. The van der Waals surface area contributed by atoms with Gasteiger partial charge in [-0.05, 0) is 26.2 Å². The zero-order valence-corrected chi connectivity index (χ0v) is 17.7. The summed E-state index contributed by atoms with van der Waals surface area (Å²) in [6, 6.07) is 0. The molecule has 7 nitrogen and oxygen atoms in total. The first-order valence-electron chi connectivity index (χ1n) is 8.26. The first-order chi connectivity index (χ1) is 11.8. The molecule has 0 bridgehead atoms. The van der Waals surface area contributed by atoms with Gasteiger partial charge in [0.2, 0.25) is 0 Å². The van der Waals surface area contributed by atoms with Crippen molar-refractivity contribution in [2.75, 3.05) is 26.8 Å². The first-order valence-corrected chi connectivity index (χ1v) is 8.26. The number of nitrogens with one attached hydrogen (secondary N) is 2. The second kappa shape index (κ2) is 13.1. The number of ether oxygens (including phenoxy) is 1. The predicted molar refractivity (Wildman–Crippen MR) is 105 cm³/mol. The second-order valence-corrected chi connectivity index (χ2v) is 5.66. The molecule has 1 rings (SSSR count). The third-order valence-corrected chi connectivity index (χ3v) is 3.56. The van der Waals surface area contributed by atoms with Crippen LogP contribution in [0.1, 0.15) is 37.3 Å². The van der Waals surface area contributed by atoms with E-state index in [0.717, 1.165) is 12.2 Å². The Morgan fingerprint density at radius 2 is 1.81 bits per heavy atom. The van der Waals surface area contributed by atoms with Crippen molar-refractivity contribution >= 4 is 29.9 Å². The van der Waals surface area contributed by atoms with E-state index in [2.05, 4.69) is 25.8 Å². The van der Waals surface area contributed by atoms with Gasteiger partial charge >= 0.3 is 6.18 Å². The highest BCUT2D eigenvalue weighted by Gasteiger charge is 2.25. The minimum atomic E-state index is -4.10. The third-order valence-electron chi connectivity index (χ3n) is 3.56. The SMILES string of the molecule is COCCCNC(=NCc1nnc(C)n1C)NCCCCC(F)(F)F.I. The highest BCUT2D eigenvalue weighted by atomic mass is 127. The highest BCUT2D eigenvalue weighted by molar-refractivity contribution is 14.0. The molecule has 1 heterocycles. The zero-order valence-electron chi connectivity index (χ0n) is 15.4. The summed E-state index contributed by atoms with van der Waals surface area (Å²) in [4.78, 5) is 4.42. The molecule has 0 radical (unpaired) electrons. The van der Waals surface area contributed by atoms with Gasteiger partial charge in [-0.1, -0.05) is 0 Å². The maximum absolute atomic E-state index is 12.1. The highest BCUT2D eigenvalue weighted by Crippen LogP contribution is 2.21. The fraction of sp³-hybridized carbons (Fsp3) is 0.800. The molecule has 0 aliphatic rings. The van der Waals surface area contributed by atoms with E-state index < -0.39 is 12.6 Å². The smallest absolute Gasteiger partial charge is 0.385 e.